The number of hydrogen-bond acceptors (Lipinski definition) is 4. The number of aromatic nitrogens is 3. The van der Waals surface area contributed by atoms with Gasteiger partial charge in [0.15, 0.2) is 0 Å². The van der Waals surface area contributed by atoms with Gasteiger partial charge in [-0.25, -0.2) is 10.1 Å². The molecule has 0 aliphatic rings. The van der Waals surface area contributed by atoms with E-state index < -0.39 is 0 Å². The van der Waals surface area contributed by atoms with Crippen molar-refractivity contribution >= 4 is 43.2 Å². The molecular weight excluding hydrogens is 270 g/mol. The summed E-state index contributed by atoms with van der Waals surface area (Å²) in [6.07, 6.45) is 0. The van der Waals surface area contributed by atoms with E-state index in [1.54, 1.807) is 0 Å². The second-order valence-electron chi connectivity index (χ2n) is 4.26. The average Bonchev–Trinajstić information content (AvgIpc) is 2.71. The van der Waals surface area contributed by atoms with Crippen LogP contribution in [0.1, 0.15) is 17.0 Å². The SMILES string of the molecule is Cc1nc2sc3c(=O)[nH]nc(C)c3c2c(C)c1Cl. The third kappa shape index (κ3) is 1.41. The van der Waals surface area contributed by atoms with Crippen LogP contribution in [-0.2, 0) is 0 Å². The first-order valence-corrected chi connectivity index (χ1v) is 6.64. The van der Waals surface area contributed by atoms with Crippen LogP contribution in [0.5, 0.6) is 0 Å². The zero-order valence-electron chi connectivity index (χ0n) is 10.1. The highest BCUT2D eigenvalue weighted by Gasteiger charge is 2.17. The maximum absolute atomic E-state index is 11.8. The Hall–Kier alpha value is -1.46. The van der Waals surface area contributed by atoms with Crippen LogP contribution in [0.25, 0.3) is 20.3 Å². The molecule has 3 rings (SSSR count). The van der Waals surface area contributed by atoms with E-state index in [2.05, 4.69) is 15.2 Å². The van der Waals surface area contributed by atoms with Crippen LogP contribution in [0.15, 0.2) is 4.79 Å². The second kappa shape index (κ2) is 3.76. The molecule has 0 aliphatic carbocycles. The minimum atomic E-state index is -0.174. The molecule has 0 saturated heterocycles. The molecule has 0 amide bonds. The van der Waals surface area contributed by atoms with Gasteiger partial charge in [-0.15, -0.1) is 11.3 Å². The van der Waals surface area contributed by atoms with E-state index in [1.807, 2.05) is 20.8 Å². The largest absolute Gasteiger partial charge is 0.282 e. The first-order chi connectivity index (χ1) is 8.50. The van der Waals surface area contributed by atoms with Gasteiger partial charge < -0.3 is 0 Å². The van der Waals surface area contributed by atoms with Gasteiger partial charge in [0.05, 0.1) is 16.4 Å². The normalized spacial score (nSPS) is 11.6. The minimum Gasteiger partial charge on any atom is -0.266 e. The zero-order valence-corrected chi connectivity index (χ0v) is 11.7. The Morgan fingerprint density at radius 1 is 1.17 bits per heavy atom. The molecule has 6 heteroatoms. The molecule has 3 aromatic heterocycles. The summed E-state index contributed by atoms with van der Waals surface area (Å²) in [4.78, 5) is 17.1. The first-order valence-electron chi connectivity index (χ1n) is 5.45. The van der Waals surface area contributed by atoms with Crippen LogP contribution >= 0.6 is 22.9 Å². The van der Waals surface area contributed by atoms with Crippen molar-refractivity contribution < 1.29 is 0 Å². The lowest BCUT2D eigenvalue weighted by atomic mass is 10.1. The van der Waals surface area contributed by atoms with Crippen molar-refractivity contribution in [1.29, 1.82) is 0 Å². The molecular formula is C12H10ClN3OS. The summed E-state index contributed by atoms with van der Waals surface area (Å²) >= 11 is 7.63. The highest BCUT2D eigenvalue weighted by Crippen LogP contribution is 2.37. The number of thiophene rings is 1. The number of nitrogens with zero attached hydrogens (tertiary/aromatic N) is 2. The standard InChI is InChI=1S/C12H10ClN3OS/c1-4-7-8-5(2)15-16-11(17)10(8)18-12(7)14-6(3)9(4)13/h1-3H3,(H,16,17). The molecule has 1 N–H and O–H groups in total. The van der Waals surface area contributed by atoms with E-state index in [9.17, 15) is 4.79 Å². The van der Waals surface area contributed by atoms with Crippen LogP contribution in [0.4, 0.5) is 0 Å². The number of hydrogen-bond donors (Lipinski definition) is 1. The molecule has 0 aromatic carbocycles. The van der Waals surface area contributed by atoms with E-state index >= 15 is 0 Å². The second-order valence-corrected chi connectivity index (χ2v) is 5.64. The molecule has 0 fully saturated rings. The molecule has 4 nitrogen and oxygen atoms in total. The molecule has 3 heterocycles. The van der Waals surface area contributed by atoms with Crippen LogP contribution in [0.3, 0.4) is 0 Å². The van der Waals surface area contributed by atoms with Crippen LogP contribution in [0.2, 0.25) is 5.02 Å². The summed E-state index contributed by atoms with van der Waals surface area (Å²) in [5, 5.41) is 8.98. The monoisotopic (exact) mass is 279 g/mol. The van der Waals surface area contributed by atoms with Crippen molar-refractivity contribution in [3.05, 3.63) is 32.3 Å². The van der Waals surface area contributed by atoms with Gasteiger partial charge in [-0.3, -0.25) is 4.79 Å². The fourth-order valence-electron chi connectivity index (χ4n) is 2.17. The lowest BCUT2D eigenvalue weighted by Gasteiger charge is -2.04. The minimum absolute atomic E-state index is 0.174. The van der Waals surface area contributed by atoms with Crippen molar-refractivity contribution in [2.45, 2.75) is 20.8 Å². The molecule has 0 atom stereocenters. The van der Waals surface area contributed by atoms with E-state index in [0.717, 1.165) is 32.6 Å². The van der Waals surface area contributed by atoms with Crippen molar-refractivity contribution in [1.82, 2.24) is 15.2 Å². The topological polar surface area (TPSA) is 58.6 Å². The van der Waals surface area contributed by atoms with Gasteiger partial charge >= 0.3 is 0 Å². The Morgan fingerprint density at radius 2 is 1.89 bits per heavy atom. The van der Waals surface area contributed by atoms with Gasteiger partial charge in [-0.1, -0.05) is 11.6 Å². The Labute approximate surface area is 112 Å². The van der Waals surface area contributed by atoms with Crippen molar-refractivity contribution in [3.8, 4) is 0 Å². The molecule has 0 radical (unpaired) electrons. The number of H-pyrrole nitrogens is 1. The number of pyridine rings is 1. The van der Waals surface area contributed by atoms with Gasteiger partial charge in [0.2, 0.25) is 0 Å². The maximum atomic E-state index is 11.8. The van der Waals surface area contributed by atoms with Crippen molar-refractivity contribution in [2.24, 2.45) is 0 Å². The van der Waals surface area contributed by atoms with Gasteiger partial charge in [-0.2, -0.15) is 5.10 Å². The number of aryl methyl sites for hydroxylation is 3. The van der Waals surface area contributed by atoms with Crippen molar-refractivity contribution in [2.75, 3.05) is 0 Å². The van der Waals surface area contributed by atoms with Crippen LogP contribution < -0.4 is 5.56 Å². The molecule has 18 heavy (non-hydrogen) atoms. The summed E-state index contributed by atoms with van der Waals surface area (Å²) < 4.78 is 0.662. The van der Waals surface area contributed by atoms with Gasteiger partial charge in [0.25, 0.3) is 5.56 Å². The Bertz CT molecular complexity index is 850. The van der Waals surface area contributed by atoms with E-state index in [1.165, 1.54) is 11.3 Å². The number of rotatable bonds is 0. The van der Waals surface area contributed by atoms with Crippen LogP contribution in [-0.4, -0.2) is 15.2 Å². The quantitative estimate of drug-likeness (QED) is 0.688. The molecule has 0 bridgehead atoms. The first kappa shape index (κ1) is 11.6. The fraction of sp³-hybridized carbons (Fsp3) is 0.250. The fourth-order valence-corrected chi connectivity index (χ4v) is 3.53. The lowest BCUT2D eigenvalue weighted by molar-refractivity contribution is 0.974. The predicted molar refractivity (Wildman–Crippen MR) is 74.8 cm³/mol. The molecule has 3 aromatic rings. The maximum Gasteiger partial charge on any atom is 0.282 e. The highest BCUT2D eigenvalue weighted by atomic mass is 35.5. The van der Waals surface area contributed by atoms with Crippen LogP contribution in [0, 0.1) is 20.8 Å². The molecule has 0 unspecified atom stereocenters. The number of nitrogens with one attached hydrogen (secondary N) is 1. The Morgan fingerprint density at radius 3 is 2.61 bits per heavy atom. The Balaban J connectivity index is 2.71. The summed E-state index contributed by atoms with van der Waals surface area (Å²) in [6, 6.07) is 0. The molecule has 0 saturated carbocycles. The summed E-state index contributed by atoms with van der Waals surface area (Å²) in [6.45, 7) is 5.69. The number of aromatic amines is 1. The third-order valence-corrected chi connectivity index (χ3v) is 4.71. The highest BCUT2D eigenvalue weighted by molar-refractivity contribution is 7.25. The number of halogens is 1. The van der Waals surface area contributed by atoms with E-state index in [4.69, 9.17) is 11.6 Å². The summed E-state index contributed by atoms with van der Waals surface area (Å²) in [7, 11) is 0. The molecule has 0 spiro atoms. The van der Waals surface area contributed by atoms with Gasteiger partial charge in [0.1, 0.15) is 9.53 Å². The summed E-state index contributed by atoms with van der Waals surface area (Å²) in [5.41, 5.74) is 2.36. The van der Waals surface area contributed by atoms with Gasteiger partial charge in [0, 0.05) is 10.8 Å². The zero-order chi connectivity index (χ0) is 13.0. The average molecular weight is 280 g/mol. The van der Waals surface area contributed by atoms with E-state index in [-0.39, 0.29) is 5.56 Å². The van der Waals surface area contributed by atoms with E-state index in [0.29, 0.717) is 9.72 Å². The smallest absolute Gasteiger partial charge is 0.266 e. The summed E-state index contributed by atoms with van der Waals surface area (Å²) in [5.74, 6) is 0. The molecule has 0 aliphatic heterocycles. The number of fused-ring (bicyclic) bond motifs is 3. The lowest BCUT2D eigenvalue weighted by Crippen LogP contribution is -2.07. The predicted octanol–water partition coefficient (Wildman–Crippen LogP) is 3.11. The van der Waals surface area contributed by atoms with Crippen molar-refractivity contribution in [3.63, 3.8) is 0 Å². The Kier molecular flexibility index (Phi) is 2.43. The molecule has 92 valence electrons. The third-order valence-electron chi connectivity index (χ3n) is 3.07. The van der Waals surface area contributed by atoms with Gasteiger partial charge in [-0.05, 0) is 26.3 Å².